The number of hydrogen-bond acceptors (Lipinski definition) is 8. The fourth-order valence-corrected chi connectivity index (χ4v) is 3.65. The predicted octanol–water partition coefficient (Wildman–Crippen LogP) is 3.10. The summed E-state index contributed by atoms with van der Waals surface area (Å²) in [6.07, 6.45) is 4.96. The van der Waals surface area contributed by atoms with Crippen LogP contribution in [-0.4, -0.2) is 48.7 Å². The first kappa shape index (κ1) is 18.0. The van der Waals surface area contributed by atoms with Crippen LogP contribution in [-0.2, 0) is 4.74 Å². The molecule has 0 spiro atoms. The standard InChI is InChI=1S/C19H18ClN7O2/c1-11-8-26(10-15(28-11)19-25-24-12(2)29-19)17-5-6-21-18(23-17)14-7-22-16-4-3-13(20)9-27(14)16/h3-7,9,11,15H,8,10H2,1-2H3/t11-,15-/m0/s1. The van der Waals surface area contributed by atoms with E-state index in [0.29, 0.717) is 35.7 Å². The molecule has 2 atom stereocenters. The average Bonchev–Trinajstić information content (AvgIpc) is 3.33. The smallest absolute Gasteiger partial charge is 0.247 e. The molecule has 148 valence electrons. The van der Waals surface area contributed by atoms with Crippen LogP contribution in [0.3, 0.4) is 0 Å². The molecule has 0 aromatic carbocycles. The van der Waals surface area contributed by atoms with Crippen LogP contribution < -0.4 is 4.90 Å². The first-order chi connectivity index (χ1) is 14.1. The molecule has 1 aliphatic heterocycles. The van der Waals surface area contributed by atoms with Crippen molar-refractivity contribution in [3.63, 3.8) is 0 Å². The van der Waals surface area contributed by atoms with Crippen molar-refractivity contribution >= 4 is 23.1 Å². The number of aryl methyl sites for hydroxylation is 1. The summed E-state index contributed by atoms with van der Waals surface area (Å²) < 4.78 is 13.4. The van der Waals surface area contributed by atoms with E-state index in [1.807, 2.05) is 23.5 Å². The van der Waals surface area contributed by atoms with Gasteiger partial charge in [-0.2, -0.15) is 0 Å². The van der Waals surface area contributed by atoms with Crippen molar-refractivity contribution in [3.8, 4) is 11.5 Å². The Bertz CT molecular complexity index is 1170. The van der Waals surface area contributed by atoms with E-state index in [0.717, 1.165) is 17.2 Å². The van der Waals surface area contributed by atoms with Gasteiger partial charge in [-0.25, -0.2) is 15.0 Å². The van der Waals surface area contributed by atoms with Crippen molar-refractivity contribution in [2.45, 2.75) is 26.1 Å². The van der Waals surface area contributed by atoms with Gasteiger partial charge >= 0.3 is 0 Å². The monoisotopic (exact) mass is 411 g/mol. The molecule has 0 amide bonds. The molecule has 10 heteroatoms. The molecule has 1 fully saturated rings. The minimum Gasteiger partial charge on any atom is -0.423 e. The molecular formula is C19H18ClN7O2. The maximum absolute atomic E-state index is 6.15. The molecular weight excluding hydrogens is 394 g/mol. The predicted molar refractivity (Wildman–Crippen MR) is 106 cm³/mol. The molecule has 0 bridgehead atoms. The van der Waals surface area contributed by atoms with Gasteiger partial charge in [0.25, 0.3) is 0 Å². The summed E-state index contributed by atoms with van der Waals surface area (Å²) in [4.78, 5) is 15.8. The van der Waals surface area contributed by atoms with E-state index in [1.54, 1.807) is 31.6 Å². The van der Waals surface area contributed by atoms with E-state index in [1.165, 1.54) is 0 Å². The molecule has 9 nitrogen and oxygen atoms in total. The Morgan fingerprint density at radius 3 is 2.86 bits per heavy atom. The van der Waals surface area contributed by atoms with E-state index in [-0.39, 0.29) is 12.2 Å². The molecule has 0 saturated carbocycles. The Labute approximate surface area is 171 Å². The quantitative estimate of drug-likeness (QED) is 0.507. The fraction of sp³-hybridized carbons (Fsp3) is 0.316. The number of pyridine rings is 1. The second-order valence-corrected chi connectivity index (χ2v) is 7.39. The number of rotatable bonds is 3. The van der Waals surface area contributed by atoms with E-state index < -0.39 is 0 Å². The lowest BCUT2D eigenvalue weighted by molar-refractivity contribution is -0.0313. The maximum atomic E-state index is 6.15. The molecule has 0 unspecified atom stereocenters. The first-order valence-electron chi connectivity index (χ1n) is 9.23. The third-order valence-electron chi connectivity index (χ3n) is 4.74. The number of morpholine rings is 1. The lowest BCUT2D eigenvalue weighted by Gasteiger charge is -2.36. The van der Waals surface area contributed by atoms with Gasteiger partial charge in [-0.15, -0.1) is 10.2 Å². The van der Waals surface area contributed by atoms with E-state index in [4.69, 9.17) is 25.7 Å². The van der Waals surface area contributed by atoms with Crippen molar-refractivity contribution in [1.82, 2.24) is 29.5 Å². The number of aromatic nitrogens is 6. The van der Waals surface area contributed by atoms with Gasteiger partial charge in [-0.3, -0.25) is 4.40 Å². The van der Waals surface area contributed by atoms with Gasteiger partial charge in [0.15, 0.2) is 11.9 Å². The highest BCUT2D eigenvalue weighted by Gasteiger charge is 2.31. The second-order valence-electron chi connectivity index (χ2n) is 6.96. The van der Waals surface area contributed by atoms with Crippen LogP contribution in [0.4, 0.5) is 5.82 Å². The largest absolute Gasteiger partial charge is 0.423 e. The molecule has 29 heavy (non-hydrogen) atoms. The van der Waals surface area contributed by atoms with Crippen LogP contribution in [0.25, 0.3) is 17.2 Å². The van der Waals surface area contributed by atoms with Gasteiger partial charge in [0.05, 0.1) is 23.9 Å². The van der Waals surface area contributed by atoms with Crippen molar-refractivity contribution in [3.05, 3.63) is 53.6 Å². The summed E-state index contributed by atoms with van der Waals surface area (Å²) >= 11 is 6.15. The number of ether oxygens (including phenoxy) is 1. The van der Waals surface area contributed by atoms with Crippen LogP contribution in [0.5, 0.6) is 0 Å². The Morgan fingerprint density at radius 2 is 2.03 bits per heavy atom. The van der Waals surface area contributed by atoms with Crippen LogP contribution in [0.1, 0.15) is 24.8 Å². The Hall–Kier alpha value is -3.04. The lowest BCUT2D eigenvalue weighted by atomic mass is 10.2. The van der Waals surface area contributed by atoms with Crippen LogP contribution in [0, 0.1) is 6.92 Å². The highest BCUT2D eigenvalue weighted by Crippen LogP contribution is 2.28. The third kappa shape index (κ3) is 3.43. The van der Waals surface area contributed by atoms with E-state index in [2.05, 4.69) is 25.1 Å². The first-order valence-corrected chi connectivity index (χ1v) is 9.61. The molecule has 4 aromatic rings. The maximum Gasteiger partial charge on any atom is 0.247 e. The zero-order valence-electron chi connectivity index (χ0n) is 15.9. The number of imidazole rings is 1. The van der Waals surface area contributed by atoms with Crippen LogP contribution in [0.15, 0.2) is 41.2 Å². The number of nitrogens with zero attached hydrogens (tertiary/aromatic N) is 7. The van der Waals surface area contributed by atoms with Gasteiger partial charge in [0, 0.05) is 25.9 Å². The minimum absolute atomic E-state index is 0.0195. The summed E-state index contributed by atoms with van der Waals surface area (Å²) in [5.41, 5.74) is 1.56. The zero-order chi connectivity index (χ0) is 20.0. The molecule has 4 aromatic heterocycles. The summed E-state index contributed by atoms with van der Waals surface area (Å²) in [6.45, 7) is 5.02. The van der Waals surface area contributed by atoms with Gasteiger partial charge in [0.1, 0.15) is 17.2 Å². The number of hydrogen-bond donors (Lipinski definition) is 0. The Kier molecular flexibility index (Phi) is 4.40. The third-order valence-corrected chi connectivity index (χ3v) is 4.96. The minimum atomic E-state index is -0.312. The molecule has 0 aliphatic carbocycles. The van der Waals surface area contributed by atoms with Crippen molar-refractivity contribution in [1.29, 1.82) is 0 Å². The fourth-order valence-electron chi connectivity index (χ4n) is 3.49. The Balaban J connectivity index is 1.48. The zero-order valence-corrected chi connectivity index (χ0v) is 16.6. The molecule has 5 heterocycles. The Morgan fingerprint density at radius 1 is 1.14 bits per heavy atom. The van der Waals surface area contributed by atoms with Gasteiger partial charge in [0.2, 0.25) is 11.8 Å². The van der Waals surface area contributed by atoms with E-state index >= 15 is 0 Å². The van der Waals surface area contributed by atoms with Crippen LogP contribution in [0.2, 0.25) is 5.02 Å². The number of fused-ring (bicyclic) bond motifs is 1. The summed E-state index contributed by atoms with van der Waals surface area (Å²) in [5, 5.41) is 8.63. The number of anilines is 1. The number of halogens is 1. The van der Waals surface area contributed by atoms with Gasteiger partial charge in [-0.1, -0.05) is 11.6 Å². The van der Waals surface area contributed by atoms with Crippen LogP contribution >= 0.6 is 11.6 Å². The topological polar surface area (TPSA) is 94.5 Å². The molecule has 5 rings (SSSR count). The molecule has 1 aliphatic rings. The van der Waals surface area contributed by atoms with E-state index in [9.17, 15) is 0 Å². The van der Waals surface area contributed by atoms with Crippen molar-refractivity contribution < 1.29 is 9.15 Å². The summed E-state index contributed by atoms with van der Waals surface area (Å²) in [6, 6.07) is 5.55. The molecule has 0 radical (unpaired) electrons. The highest BCUT2D eigenvalue weighted by atomic mass is 35.5. The summed E-state index contributed by atoms with van der Waals surface area (Å²) in [7, 11) is 0. The summed E-state index contributed by atoms with van der Waals surface area (Å²) in [5.74, 6) is 2.36. The molecule has 1 saturated heterocycles. The highest BCUT2D eigenvalue weighted by molar-refractivity contribution is 6.30. The van der Waals surface area contributed by atoms with Crippen molar-refractivity contribution in [2.24, 2.45) is 0 Å². The second kappa shape index (κ2) is 7.09. The van der Waals surface area contributed by atoms with Crippen molar-refractivity contribution in [2.75, 3.05) is 18.0 Å². The average molecular weight is 412 g/mol. The lowest BCUT2D eigenvalue weighted by Crippen LogP contribution is -2.43. The molecule has 0 N–H and O–H groups in total. The van der Waals surface area contributed by atoms with Gasteiger partial charge < -0.3 is 14.1 Å². The SMILES string of the molecule is Cc1nnc([C@@H]2CN(c3ccnc(-c4cnc5ccc(Cl)cn45)n3)C[C@H](C)O2)o1. The van der Waals surface area contributed by atoms with Gasteiger partial charge in [-0.05, 0) is 25.1 Å². The normalized spacial score (nSPS) is 19.8.